The zero-order valence-corrected chi connectivity index (χ0v) is 18.8. The fourth-order valence-electron chi connectivity index (χ4n) is 4.39. The highest BCUT2D eigenvalue weighted by Gasteiger charge is 2.33. The average molecular weight is 462 g/mol. The third-order valence-corrected chi connectivity index (χ3v) is 6.16. The molecule has 0 aliphatic carbocycles. The Bertz CT molecular complexity index is 1150. The Kier molecular flexibility index (Phi) is 6.43. The van der Waals surface area contributed by atoms with Crippen molar-refractivity contribution in [2.24, 2.45) is 0 Å². The standard InChI is InChI=1S/C24H27F4N5/c1-14-19(5-4-6-22(14)24(26,27)28)15(2)30-23-21-11-18(7-8-20(21)16(3)31-32-23)33-10-9-29-12-17(25)13-33/h4-8,11,15,17,29H,9-10,12-13H2,1-3H3,(H,30,32). The Balaban J connectivity index is 1.70. The van der Waals surface area contributed by atoms with Crippen LogP contribution in [0.5, 0.6) is 0 Å². The summed E-state index contributed by atoms with van der Waals surface area (Å²) in [6, 6.07) is 9.58. The molecule has 1 fully saturated rings. The zero-order valence-electron chi connectivity index (χ0n) is 18.8. The molecule has 0 amide bonds. The van der Waals surface area contributed by atoms with Gasteiger partial charge in [-0.3, -0.25) is 0 Å². The number of benzene rings is 2. The maximum absolute atomic E-state index is 14.1. The fraction of sp³-hybridized carbons (Fsp3) is 0.417. The van der Waals surface area contributed by atoms with Gasteiger partial charge in [0.15, 0.2) is 5.82 Å². The SMILES string of the molecule is Cc1c(C(C)Nc2nnc(C)c3ccc(N4CCNCC(F)C4)cc23)cccc1C(F)(F)F. The predicted octanol–water partition coefficient (Wildman–Crippen LogP) is 5.19. The van der Waals surface area contributed by atoms with Gasteiger partial charge in [0.1, 0.15) is 6.17 Å². The van der Waals surface area contributed by atoms with Crippen LogP contribution in [0.1, 0.15) is 35.3 Å². The number of nitrogens with one attached hydrogen (secondary N) is 2. The van der Waals surface area contributed by atoms with Crippen LogP contribution in [0.4, 0.5) is 29.1 Å². The third kappa shape index (κ3) is 4.88. The largest absolute Gasteiger partial charge is 0.416 e. The molecule has 0 spiro atoms. The van der Waals surface area contributed by atoms with E-state index in [-0.39, 0.29) is 5.56 Å². The van der Waals surface area contributed by atoms with Crippen LogP contribution >= 0.6 is 0 Å². The van der Waals surface area contributed by atoms with Gasteiger partial charge in [0.25, 0.3) is 0 Å². The highest BCUT2D eigenvalue weighted by atomic mass is 19.4. The Labute approximate surface area is 190 Å². The van der Waals surface area contributed by atoms with Gasteiger partial charge in [-0.15, -0.1) is 5.10 Å². The van der Waals surface area contributed by atoms with E-state index in [9.17, 15) is 17.6 Å². The van der Waals surface area contributed by atoms with E-state index >= 15 is 0 Å². The van der Waals surface area contributed by atoms with Gasteiger partial charge in [-0.1, -0.05) is 18.2 Å². The van der Waals surface area contributed by atoms with Crippen molar-refractivity contribution >= 4 is 22.3 Å². The molecule has 2 heterocycles. The molecule has 1 aromatic heterocycles. The topological polar surface area (TPSA) is 53.1 Å². The molecule has 2 unspecified atom stereocenters. The van der Waals surface area contributed by atoms with Crippen molar-refractivity contribution < 1.29 is 17.6 Å². The Morgan fingerprint density at radius 2 is 1.91 bits per heavy atom. The normalized spacial score (nSPS) is 18.3. The highest BCUT2D eigenvalue weighted by molar-refractivity contribution is 5.95. The number of hydrogen-bond acceptors (Lipinski definition) is 5. The second kappa shape index (κ2) is 9.13. The maximum atomic E-state index is 14.1. The molecule has 2 N–H and O–H groups in total. The minimum absolute atomic E-state index is 0.182. The number of aryl methyl sites for hydroxylation is 1. The second-order valence-electron chi connectivity index (χ2n) is 8.49. The van der Waals surface area contributed by atoms with Gasteiger partial charge in [0.05, 0.1) is 23.8 Å². The number of rotatable bonds is 4. The lowest BCUT2D eigenvalue weighted by Gasteiger charge is -2.24. The van der Waals surface area contributed by atoms with E-state index in [2.05, 4.69) is 20.8 Å². The summed E-state index contributed by atoms with van der Waals surface area (Å²) in [7, 11) is 0. The van der Waals surface area contributed by atoms with Crippen molar-refractivity contribution in [2.45, 2.75) is 39.2 Å². The van der Waals surface area contributed by atoms with Gasteiger partial charge in [-0.2, -0.15) is 18.3 Å². The van der Waals surface area contributed by atoms with Crippen LogP contribution in [-0.4, -0.2) is 42.5 Å². The maximum Gasteiger partial charge on any atom is 0.416 e. The lowest BCUT2D eigenvalue weighted by Crippen LogP contribution is -2.30. The van der Waals surface area contributed by atoms with Crippen molar-refractivity contribution in [3.63, 3.8) is 0 Å². The van der Waals surface area contributed by atoms with Crippen LogP contribution in [0.25, 0.3) is 10.8 Å². The van der Waals surface area contributed by atoms with Gasteiger partial charge in [-0.05, 0) is 50.1 Å². The molecule has 1 saturated heterocycles. The molecule has 176 valence electrons. The summed E-state index contributed by atoms with van der Waals surface area (Å²) < 4.78 is 54.2. The number of aromatic nitrogens is 2. The highest BCUT2D eigenvalue weighted by Crippen LogP contribution is 2.36. The predicted molar refractivity (Wildman–Crippen MR) is 122 cm³/mol. The molecule has 1 aliphatic heterocycles. The first kappa shape index (κ1) is 23.2. The molecule has 33 heavy (non-hydrogen) atoms. The van der Waals surface area contributed by atoms with E-state index in [4.69, 9.17) is 0 Å². The van der Waals surface area contributed by atoms with Crippen molar-refractivity contribution in [1.29, 1.82) is 0 Å². The molecule has 0 saturated carbocycles. The number of fused-ring (bicyclic) bond motifs is 1. The summed E-state index contributed by atoms with van der Waals surface area (Å²) in [5, 5.41) is 16.6. The van der Waals surface area contributed by atoms with Gasteiger partial charge in [-0.25, -0.2) is 4.39 Å². The van der Waals surface area contributed by atoms with Gasteiger partial charge < -0.3 is 15.5 Å². The quantitative estimate of drug-likeness (QED) is 0.524. The van der Waals surface area contributed by atoms with E-state index in [1.54, 1.807) is 13.0 Å². The monoisotopic (exact) mass is 461 g/mol. The van der Waals surface area contributed by atoms with Crippen LogP contribution in [0.3, 0.4) is 0 Å². The molecule has 5 nitrogen and oxygen atoms in total. The van der Waals surface area contributed by atoms with Crippen molar-refractivity contribution in [1.82, 2.24) is 15.5 Å². The van der Waals surface area contributed by atoms with Crippen molar-refractivity contribution in [2.75, 3.05) is 36.4 Å². The van der Waals surface area contributed by atoms with E-state index in [0.717, 1.165) is 28.2 Å². The molecule has 1 aliphatic rings. The molecule has 3 aromatic rings. The smallest absolute Gasteiger partial charge is 0.367 e. The van der Waals surface area contributed by atoms with Crippen LogP contribution < -0.4 is 15.5 Å². The summed E-state index contributed by atoms with van der Waals surface area (Å²) in [6.45, 7) is 7.11. The second-order valence-corrected chi connectivity index (χ2v) is 8.49. The van der Waals surface area contributed by atoms with Gasteiger partial charge >= 0.3 is 6.18 Å². The molecular weight excluding hydrogens is 434 g/mol. The zero-order chi connectivity index (χ0) is 23.8. The van der Waals surface area contributed by atoms with E-state index in [1.165, 1.54) is 13.0 Å². The third-order valence-electron chi connectivity index (χ3n) is 6.16. The first-order chi connectivity index (χ1) is 15.6. The van der Waals surface area contributed by atoms with Crippen LogP contribution in [0.2, 0.25) is 0 Å². The summed E-state index contributed by atoms with van der Waals surface area (Å²) in [4.78, 5) is 1.99. The van der Waals surface area contributed by atoms with Crippen LogP contribution in [-0.2, 0) is 6.18 Å². The number of halogens is 4. The van der Waals surface area contributed by atoms with E-state index in [0.29, 0.717) is 37.6 Å². The van der Waals surface area contributed by atoms with Crippen LogP contribution in [0.15, 0.2) is 36.4 Å². The lowest BCUT2D eigenvalue weighted by molar-refractivity contribution is -0.138. The molecule has 4 rings (SSSR count). The minimum atomic E-state index is -4.42. The number of anilines is 2. The number of hydrogen-bond donors (Lipinski definition) is 2. The fourth-order valence-corrected chi connectivity index (χ4v) is 4.39. The summed E-state index contributed by atoms with van der Waals surface area (Å²) >= 11 is 0. The van der Waals surface area contributed by atoms with E-state index in [1.807, 2.05) is 30.0 Å². The van der Waals surface area contributed by atoms with Gasteiger partial charge in [0.2, 0.25) is 0 Å². The first-order valence-electron chi connectivity index (χ1n) is 10.9. The van der Waals surface area contributed by atoms with Crippen molar-refractivity contribution in [3.05, 3.63) is 58.8 Å². The van der Waals surface area contributed by atoms with Crippen LogP contribution in [0, 0.1) is 13.8 Å². The Morgan fingerprint density at radius 1 is 1.12 bits per heavy atom. The lowest BCUT2D eigenvalue weighted by atomic mass is 9.97. The van der Waals surface area contributed by atoms with Crippen molar-refractivity contribution in [3.8, 4) is 0 Å². The van der Waals surface area contributed by atoms with Gasteiger partial charge in [0, 0.05) is 36.1 Å². The first-order valence-corrected chi connectivity index (χ1v) is 10.9. The Morgan fingerprint density at radius 3 is 2.67 bits per heavy atom. The molecule has 2 aromatic carbocycles. The molecule has 0 bridgehead atoms. The van der Waals surface area contributed by atoms with E-state index < -0.39 is 24.0 Å². The minimum Gasteiger partial charge on any atom is -0.367 e. The number of alkyl halides is 4. The molecular formula is C24H27F4N5. The number of nitrogens with zero attached hydrogens (tertiary/aromatic N) is 3. The molecule has 0 radical (unpaired) electrons. The average Bonchev–Trinajstić information content (AvgIpc) is 2.99. The molecule has 2 atom stereocenters. The summed E-state index contributed by atoms with van der Waals surface area (Å²) in [5.41, 5.74) is 1.68. The summed E-state index contributed by atoms with van der Waals surface area (Å²) in [5.74, 6) is 0.478. The Hall–Kier alpha value is -2.94. The summed E-state index contributed by atoms with van der Waals surface area (Å²) in [6.07, 6.45) is -5.39. The molecule has 9 heteroatoms.